The number of nitrogens with zero attached hydrogens (tertiary/aromatic N) is 2. The smallest absolute Gasteiger partial charge is 0.248 e. The van der Waals surface area contributed by atoms with Gasteiger partial charge in [-0.05, 0) is 24.8 Å². The molecule has 0 radical (unpaired) electrons. The van der Waals surface area contributed by atoms with Gasteiger partial charge in [-0.15, -0.1) is 0 Å². The van der Waals surface area contributed by atoms with Gasteiger partial charge in [0.15, 0.2) is 0 Å². The zero-order valence-electron chi connectivity index (χ0n) is 14.9. The van der Waals surface area contributed by atoms with Crippen LogP contribution in [0.3, 0.4) is 0 Å². The van der Waals surface area contributed by atoms with Crippen molar-refractivity contribution in [1.82, 2.24) is 9.80 Å². The Morgan fingerprint density at radius 2 is 1.92 bits per heavy atom. The van der Waals surface area contributed by atoms with Crippen LogP contribution in [0.4, 0.5) is 0 Å². The molecule has 6 heteroatoms. The number of ether oxygens (including phenoxy) is 1. The Labute approximate surface area is 148 Å². The number of rotatable bonds is 3. The number of benzene rings is 1. The summed E-state index contributed by atoms with van der Waals surface area (Å²) in [5, 5.41) is 10.8. The fraction of sp³-hybridized carbons (Fsp3) is 0.579. The van der Waals surface area contributed by atoms with Crippen LogP contribution in [0, 0.1) is 5.41 Å². The van der Waals surface area contributed by atoms with Gasteiger partial charge in [-0.3, -0.25) is 9.59 Å². The summed E-state index contributed by atoms with van der Waals surface area (Å²) in [4.78, 5) is 28.5. The first-order valence-corrected chi connectivity index (χ1v) is 8.75. The van der Waals surface area contributed by atoms with E-state index < -0.39 is 11.5 Å². The van der Waals surface area contributed by atoms with E-state index in [1.54, 1.807) is 16.8 Å². The predicted octanol–water partition coefficient (Wildman–Crippen LogP) is 1.21. The van der Waals surface area contributed by atoms with Crippen LogP contribution in [-0.4, -0.2) is 66.7 Å². The quantitative estimate of drug-likeness (QED) is 0.893. The zero-order chi connectivity index (χ0) is 18.0. The standard InChI is InChI=1S/C19H26N2O4/c1-20-17(14-6-4-3-5-7-14)15(22)12-19(18(20)24)8-10-21(11-9-19)16(23)13-25-2/h3-7,15,17,22H,8-13H2,1-2H3/t15-,17+/m1/s1. The van der Waals surface area contributed by atoms with E-state index in [1.807, 2.05) is 30.3 Å². The third-order valence-electron chi connectivity index (χ3n) is 5.64. The number of likely N-dealkylation sites (N-methyl/N-ethyl adjacent to an activating group) is 1. The number of carbonyl (C=O) groups excluding carboxylic acids is 2. The number of piperidine rings is 2. The van der Waals surface area contributed by atoms with E-state index in [9.17, 15) is 14.7 Å². The summed E-state index contributed by atoms with van der Waals surface area (Å²) in [6, 6.07) is 9.35. The van der Waals surface area contributed by atoms with Gasteiger partial charge in [0.05, 0.1) is 17.6 Å². The number of hydrogen-bond donors (Lipinski definition) is 1. The van der Waals surface area contributed by atoms with Crippen LogP contribution in [0.1, 0.15) is 30.9 Å². The lowest BCUT2D eigenvalue weighted by molar-refractivity contribution is -0.163. The number of likely N-dealkylation sites (tertiary alicyclic amines) is 2. The van der Waals surface area contributed by atoms with Gasteiger partial charge in [0, 0.05) is 27.2 Å². The highest BCUT2D eigenvalue weighted by Gasteiger charge is 2.51. The molecule has 2 aliphatic heterocycles. The fourth-order valence-corrected chi connectivity index (χ4v) is 4.27. The van der Waals surface area contributed by atoms with Gasteiger partial charge in [0.1, 0.15) is 6.61 Å². The Morgan fingerprint density at radius 1 is 1.28 bits per heavy atom. The predicted molar refractivity (Wildman–Crippen MR) is 92.7 cm³/mol. The first-order chi connectivity index (χ1) is 12.0. The topological polar surface area (TPSA) is 70.1 Å². The maximum absolute atomic E-state index is 13.1. The van der Waals surface area contributed by atoms with Crippen LogP contribution >= 0.6 is 0 Å². The fourth-order valence-electron chi connectivity index (χ4n) is 4.27. The molecule has 0 unspecified atom stereocenters. The van der Waals surface area contributed by atoms with Crippen molar-refractivity contribution in [2.24, 2.45) is 5.41 Å². The number of hydrogen-bond acceptors (Lipinski definition) is 4. The van der Waals surface area contributed by atoms with Gasteiger partial charge >= 0.3 is 0 Å². The van der Waals surface area contributed by atoms with E-state index >= 15 is 0 Å². The Kier molecular flexibility index (Phi) is 5.11. The molecule has 3 rings (SSSR count). The van der Waals surface area contributed by atoms with E-state index in [0.717, 1.165) is 5.56 Å². The SMILES string of the molecule is COCC(=O)N1CCC2(CC1)C[C@@H](O)[C@H](c1ccccc1)N(C)C2=O. The average Bonchev–Trinajstić information content (AvgIpc) is 2.62. The molecule has 1 N–H and O–H groups in total. The molecule has 2 aliphatic rings. The monoisotopic (exact) mass is 346 g/mol. The van der Waals surface area contributed by atoms with Gasteiger partial charge in [-0.1, -0.05) is 30.3 Å². The van der Waals surface area contributed by atoms with Crippen molar-refractivity contribution in [3.63, 3.8) is 0 Å². The summed E-state index contributed by atoms with van der Waals surface area (Å²) < 4.78 is 4.91. The van der Waals surface area contributed by atoms with Gasteiger partial charge in [0.25, 0.3) is 0 Å². The lowest BCUT2D eigenvalue weighted by atomic mass is 9.68. The molecule has 6 nitrogen and oxygen atoms in total. The van der Waals surface area contributed by atoms with Crippen molar-refractivity contribution >= 4 is 11.8 Å². The molecule has 1 spiro atoms. The third kappa shape index (κ3) is 3.28. The Balaban J connectivity index is 1.74. The number of methoxy groups -OCH3 is 1. The van der Waals surface area contributed by atoms with Crippen molar-refractivity contribution in [3.8, 4) is 0 Å². The minimum atomic E-state index is -0.605. The van der Waals surface area contributed by atoms with Crippen LogP contribution in [0.15, 0.2) is 30.3 Å². The minimum absolute atomic E-state index is 0.0447. The molecule has 1 aromatic rings. The third-order valence-corrected chi connectivity index (χ3v) is 5.64. The van der Waals surface area contributed by atoms with Crippen LogP contribution in [0.25, 0.3) is 0 Å². The van der Waals surface area contributed by atoms with Gasteiger partial charge in [-0.2, -0.15) is 0 Å². The molecule has 0 aromatic heterocycles. The molecule has 2 fully saturated rings. The van der Waals surface area contributed by atoms with Crippen molar-refractivity contribution in [2.45, 2.75) is 31.4 Å². The molecular formula is C19H26N2O4. The number of amides is 2. The molecule has 25 heavy (non-hydrogen) atoms. The van der Waals surface area contributed by atoms with Crippen LogP contribution in [-0.2, 0) is 14.3 Å². The number of carbonyl (C=O) groups is 2. The summed E-state index contributed by atoms with van der Waals surface area (Å²) in [5.41, 5.74) is 0.386. The Morgan fingerprint density at radius 3 is 2.52 bits per heavy atom. The van der Waals surface area contributed by atoms with E-state index in [1.165, 1.54) is 7.11 Å². The second-order valence-electron chi connectivity index (χ2n) is 7.14. The van der Waals surface area contributed by atoms with Crippen LogP contribution in [0.5, 0.6) is 0 Å². The second-order valence-corrected chi connectivity index (χ2v) is 7.14. The van der Waals surface area contributed by atoms with E-state index in [0.29, 0.717) is 32.4 Å². The maximum atomic E-state index is 13.1. The van der Waals surface area contributed by atoms with Crippen LogP contribution < -0.4 is 0 Å². The molecule has 1 aromatic carbocycles. The zero-order valence-corrected chi connectivity index (χ0v) is 14.9. The molecule has 2 amide bonds. The first-order valence-electron chi connectivity index (χ1n) is 8.75. The lowest BCUT2D eigenvalue weighted by Crippen LogP contribution is -2.58. The van der Waals surface area contributed by atoms with Gasteiger partial charge in [0.2, 0.25) is 11.8 Å². The second kappa shape index (κ2) is 7.14. The molecular weight excluding hydrogens is 320 g/mol. The van der Waals surface area contributed by atoms with Crippen molar-refractivity contribution in [3.05, 3.63) is 35.9 Å². The molecule has 2 saturated heterocycles. The molecule has 0 saturated carbocycles. The largest absolute Gasteiger partial charge is 0.391 e. The van der Waals surface area contributed by atoms with E-state index in [-0.39, 0.29) is 24.5 Å². The number of aliphatic hydroxyl groups excluding tert-OH is 1. The van der Waals surface area contributed by atoms with Crippen molar-refractivity contribution < 1.29 is 19.4 Å². The van der Waals surface area contributed by atoms with E-state index in [4.69, 9.17) is 4.74 Å². The molecule has 2 heterocycles. The molecule has 0 aliphatic carbocycles. The minimum Gasteiger partial charge on any atom is -0.391 e. The Hall–Kier alpha value is -1.92. The van der Waals surface area contributed by atoms with Crippen molar-refractivity contribution in [1.29, 1.82) is 0 Å². The summed E-state index contributed by atoms with van der Waals surface area (Å²) in [6.45, 7) is 1.13. The maximum Gasteiger partial charge on any atom is 0.248 e. The van der Waals surface area contributed by atoms with E-state index in [2.05, 4.69) is 0 Å². The highest BCUT2D eigenvalue weighted by Crippen LogP contribution is 2.46. The molecule has 0 bridgehead atoms. The van der Waals surface area contributed by atoms with Gasteiger partial charge < -0.3 is 19.6 Å². The van der Waals surface area contributed by atoms with Crippen molar-refractivity contribution in [2.75, 3.05) is 33.9 Å². The molecule has 136 valence electrons. The first kappa shape index (κ1) is 17.9. The van der Waals surface area contributed by atoms with Gasteiger partial charge in [-0.25, -0.2) is 0 Å². The highest BCUT2D eigenvalue weighted by molar-refractivity contribution is 5.85. The Bertz CT molecular complexity index is 626. The molecule has 2 atom stereocenters. The summed E-state index contributed by atoms with van der Waals surface area (Å²) in [6.07, 6.45) is 1.02. The normalized spacial score (nSPS) is 26.1. The number of aliphatic hydroxyl groups is 1. The lowest BCUT2D eigenvalue weighted by Gasteiger charge is -2.50. The summed E-state index contributed by atoms with van der Waals surface area (Å²) in [7, 11) is 3.27. The highest BCUT2D eigenvalue weighted by atomic mass is 16.5. The average molecular weight is 346 g/mol. The summed E-state index contributed by atoms with van der Waals surface area (Å²) >= 11 is 0. The summed E-state index contributed by atoms with van der Waals surface area (Å²) in [5.74, 6) is 0.0298. The van der Waals surface area contributed by atoms with Crippen LogP contribution in [0.2, 0.25) is 0 Å².